The molecule has 2 aromatic carbocycles. The highest BCUT2D eigenvalue weighted by Gasteiger charge is 2.41. The van der Waals surface area contributed by atoms with Crippen LogP contribution in [-0.4, -0.2) is 35.9 Å². The van der Waals surface area contributed by atoms with E-state index >= 15 is 0 Å². The van der Waals surface area contributed by atoms with Gasteiger partial charge in [-0.05, 0) is 50.7 Å². The molecule has 0 fully saturated rings. The van der Waals surface area contributed by atoms with Gasteiger partial charge >= 0.3 is 0 Å². The summed E-state index contributed by atoms with van der Waals surface area (Å²) in [5, 5.41) is 9.67. The van der Waals surface area contributed by atoms with Gasteiger partial charge in [0.25, 0.3) is 0 Å². The van der Waals surface area contributed by atoms with Gasteiger partial charge < -0.3 is 10.0 Å². The van der Waals surface area contributed by atoms with E-state index in [2.05, 4.69) is 11.8 Å². The van der Waals surface area contributed by atoms with Gasteiger partial charge in [-0.1, -0.05) is 49.4 Å². The highest BCUT2D eigenvalue weighted by molar-refractivity contribution is 8.93. The number of ketones is 1. The van der Waals surface area contributed by atoms with Crippen LogP contribution in [-0.2, 0) is 10.2 Å². The van der Waals surface area contributed by atoms with Crippen molar-refractivity contribution < 1.29 is 9.90 Å². The third-order valence-corrected chi connectivity index (χ3v) is 4.91. The molecule has 0 aliphatic heterocycles. The summed E-state index contributed by atoms with van der Waals surface area (Å²) in [5.74, 6) is 0.415. The predicted octanol–water partition coefficient (Wildman–Crippen LogP) is 4.58. The Morgan fingerprint density at radius 2 is 1.56 bits per heavy atom. The van der Waals surface area contributed by atoms with Crippen molar-refractivity contribution in [3.05, 3.63) is 65.7 Å². The third-order valence-electron chi connectivity index (χ3n) is 4.91. The summed E-state index contributed by atoms with van der Waals surface area (Å²) in [7, 11) is 4.07. The van der Waals surface area contributed by atoms with E-state index in [0.29, 0.717) is 12.8 Å². The van der Waals surface area contributed by atoms with Crippen molar-refractivity contribution in [2.75, 3.05) is 14.1 Å². The number of hydrogen-bond acceptors (Lipinski definition) is 3. The second kappa shape index (κ2) is 9.16. The Bertz CT molecular complexity index is 670. The summed E-state index contributed by atoms with van der Waals surface area (Å²) in [6.07, 6.45) is 1.16. The van der Waals surface area contributed by atoms with Gasteiger partial charge in [-0.2, -0.15) is 0 Å². The van der Waals surface area contributed by atoms with Crippen LogP contribution in [0.3, 0.4) is 0 Å². The Kier molecular flexibility index (Phi) is 7.84. The molecule has 0 aromatic heterocycles. The number of phenolic OH excluding ortho intramolecular Hbond substituents is 1. The fraction of sp³-hybridized carbons (Fsp3) is 0.381. The first-order valence-electron chi connectivity index (χ1n) is 8.46. The van der Waals surface area contributed by atoms with E-state index in [1.807, 2.05) is 63.5 Å². The minimum Gasteiger partial charge on any atom is -0.508 e. The summed E-state index contributed by atoms with van der Waals surface area (Å²) < 4.78 is 0. The number of rotatable bonds is 7. The Labute approximate surface area is 161 Å². The van der Waals surface area contributed by atoms with E-state index in [1.165, 1.54) is 0 Å². The summed E-state index contributed by atoms with van der Waals surface area (Å²) in [6, 6.07) is 17.3. The highest BCUT2D eigenvalue weighted by Crippen LogP contribution is 2.40. The minimum absolute atomic E-state index is 0. The van der Waals surface area contributed by atoms with Crippen LogP contribution in [0.25, 0.3) is 0 Å². The lowest BCUT2D eigenvalue weighted by Gasteiger charge is -2.37. The minimum atomic E-state index is -0.701. The van der Waals surface area contributed by atoms with E-state index in [4.69, 9.17) is 0 Å². The van der Waals surface area contributed by atoms with E-state index in [-0.39, 0.29) is 34.6 Å². The van der Waals surface area contributed by atoms with Crippen molar-refractivity contribution in [2.24, 2.45) is 0 Å². The van der Waals surface area contributed by atoms with Gasteiger partial charge in [0.2, 0.25) is 0 Å². The Hall–Kier alpha value is -1.65. The number of Topliss-reactive ketones (excluding diaryl/α,β-unsaturated/α-hetero) is 1. The molecule has 0 bridgehead atoms. The zero-order chi connectivity index (χ0) is 17.7. The maximum absolute atomic E-state index is 13.2. The second-order valence-corrected chi connectivity index (χ2v) is 6.61. The molecule has 2 aromatic rings. The maximum atomic E-state index is 13.2. The average molecular weight is 406 g/mol. The van der Waals surface area contributed by atoms with Crippen LogP contribution < -0.4 is 0 Å². The largest absolute Gasteiger partial charge is 0.508 e. The van der Waals surface area contributed by atoms with E-state index in [9.17, 15) is 9.90 Å². The van der Waals surface area contributed by atoms with E-state index in [1.54, 1.807) is 12.1 Å². The lowest BCUT2D eigenvalue weighted by Crippen LogP contribution is -2.42. The molecule has 3 nitrogen and oxygen atoms in total. The van der Waals surface area contributed by atoms with Gasteiger partial charge in [0, 0.05) is 12.5 Å². The SMILES string of the molecule is Br.CCC(=O)C(CC(C)N(C)C)(c1ccccc1)c1ccc(O)cc1. The van der Waals surface area contributed by atoms with Crippen molar-refractivity contribution >= 4 is 22.8 Å². The fourth-order valence-electron chi connectivity index (χ4n) is 3.23. The zero-order valence-electron chi connectivity index (χ0n) is 15.4. The lowest BCUT2D eigenvalue weighted by atomic mass is 9.67. The zero-order valence-corrected chi connectivity index (χ0v) is 17.1. The number of nitrogens with zero attached hydrogens (tertiary/aromatic N) is 1. The Morgan fingerprint density at radius 3 is 2.04 bits per heavy atom. The molecule has 0 spiro atoms. The smallest absolute Gasteiger partial charge is 0.147 e. The van der Waals surface area contributed by atoms with Gasteiger partial charge in [-0.3, -0.25) is 4.79 Å². The molecule has 2 rings (SSSR count). The van der Waals surface area contributed by atoms with Crippen molar-refractivity contribution in [3.63, 3.8) is 0 Å². The molecule has 0 aliphatic rings. The van der Waals surface area contributed by atoms with Crippen LogP contribution in [0.1, 0.15) is 37.8 Å². The summed E-state index contributed by atoms with van der Waals surface area (Å²) in [5.41, 5.74) is 1.25. The highest BCUT2D eigenvalue weighted by atomic mass is 79.9. The molecule has 2 unspecified atom stereocenters. The maximum Gasteiger partial charge on any atom is 0.147 e. The molecule has 0 radical (unpaired) electrons. The molecule has 2 atom stereocenters. The first-order valence-corrected chi connectivity index (χ1v) is 8.46. The van der Waals surface area contributed by atoms with Gasteiger partial charge in [-0.25, -0.2) is 0 Å². The quantitative estimate of drug-likeness (QED) is 0.732. The monoisotopic (exact) mass is 405 g/mol. The van der Waals surface area contributed by atoms with Crippen LogP contribution in [0.2, 0.25) is 0 Å². The molecular formula is C21H28BrNO2. The summed E-state index contributed by atoms with van der Waals surface area (Å²) >= 11 is 0. The third kappa shape index (κ3) is 4.50. The normalized spacial score (nSPS) is 14.4. The molecule has 0 saturated heterocycles. The van der Waals surface area contributed by atoms with E-state index in [0.717, 1.165) is 11.1 Å². The molecule has 0 aliphatic carbocycles. The number of hydrogen-bond donors (Lipinski definition) is 1. The standard InChI is InChI=1S/C21H27NO2.BrH/c1-5-20(24)21(15-16(2)22(3)4,17-9-7-6-8-10-17)18-11-13-19(23)14-12-18;/h6-14,16,23H,5,15H2,1-4H3;1H. The fourth-order valence-corrected chi connectivity index (χ4v) is 3.23. The van der Waals surface area contributed by atoms with Crippen molar-refractivity contribution in [2.45, 2.75) is 38.1 Å². The molecule has 0 amide bonds. The van der Waals surface area contributed by atoms with Gasteiger partial charge in [-0.15, -0.1) is 17.0 Å². The molecule has 0 heterocycles. The number of phenols is 1. The van der Waals surface area contributed by atoms with Crippen LogP contribution in [0.4, 0.5) is 0 Å². The first kappa shape index (κ1) is 21.4. The molecule has 25 heavy (non-hydrogen) atoms. The number of aromatic hydroxyl groups is 1. The molecule has 1 N–H and O–H groups in total. The summed E-state index contributed by atoms with van der Waals surface area (Å²) in [4.78, 5) is 15.3. The van der Waals surface area contributed by atoms with Gasteiger partial charge in [0.15, 0.2) is 0 Å². The number of carbonyl (C=O) groups excluding carboxylic acids is 1. The molecule has 136 valence electrons. The molecule has 4 heteroatoms. The van der Waals surface area contributed by atoms with Gasteiger partial charge in [0.1, 0.15) is 11.5 Å². The predicted molar refractivity (Wildman–Crippen MR) is 109 cm³/mol. The van der Waals surface area contributed by atoms with Gasteiger partial charge in [0.05, 0.1) is 5.41 Å². The first-order chi connectivity index (χ1) is 11.4. The number of halogens is 1. The Balaban J connectivity index is 0.00000312. The topological polar surface area (TPSA) is 40.5 Å². The van der Waals surface area contributed by atoms with Crippen LogP contribution >= 0.6 is 17.0 Å². The molecular weight excluding hydrogens is 378 g/mol. The summed E-state index contributed by atoms with van der Waals surface area (Å²) in [6.45, 7) is 4.06. The molecule has 0 saturated carbocycles. The average Bonchev–Trinajstić information content (AvgIpc) is 2.60. The number of benzene rings is 2. The van der Waals surface area contributed by atoms with Crippen LogP contribution in [0.5, 0.6) is 5.75 Å². The van der Waals surface area contributed by atoms with Crippen molar-refractivity contribution in [1.29, 1.82) is 0 Å². The second-order valence-electron chi connectivity index (χ2n) is 6.61. The van der Waals surface area contributed by atoms with Crippen molar-refractivity contribution in [1.82, 2.24) is 4.90 Å². The van der Waals surface area contributed by atoms with Crippen LogP contribution in [0.15, 0.2) is 54.6 Å². The Morgan fingerprint density at radius 1 is 1.04 bits per heavy atom. The van der Waals surface area contributed by atoms with Crippen LogP contribution in [0, 0.1) is 0 Å². The van der Waals surface area contributed by atoms with E-state index < -0.39 is 5.41 Å². The number of carbonyl (C=O) groups is 1. The lowest BCUT2D eigenvalue weighted by molar-refractivity contribution is -0.123. The van der Waals surface area contributed by atoms with Crippen molar-refractivity contribution in [3.8, 4) is 5.75 Å².